The van der Waals surface area contributed by atoms with Gasteiger partial charge in [-0.1, -0.05) is 24.3 Å². The van der Waals surface area contributed by atoms with Crippen LogP contribution >= 0.6 is 0 Å². The van der Waals surface area contributed by atoms with Crippen LogP contribution < -0.4 is 4.74 Å². The highest BCUT2D eigenvalue weighted by Gasteiger charge is 2.57. The van der Waals surface area contributed by atoms with E-state index in [1.54, 1.807) is 43.5 Å². The van der Waals surface area contributed by atoms with Gasteiger partial charge in [-0.15, -0.1) is 0 Å². The normalized spacial score (nSPS) is 19.6. The molecule has 1 saturated heterocycles. The summed E-state index contributed by atoms with van der Waals surface area (Å²) in [6.07, 6.45) is 3.43. The van der Waals surface area contributed by atoms with Crippen molar-refractivity contribution in [1.29, 1.82) is 0 Å². The van der Waals surface area contributed by atoms with Gasteiger partial charge in [0.05, 0.1) is 30.3 Å². The summed E-state index contributed by atoms with van der Waals surface area (Å²) < 4.78 is 16.5. The molecule has 3 aliphatic rings. The Morgan fingerprint density at radius 2 is 1.61 bits per heavy atom. The lowest BCUT2D eigenvalue weighted by Gasteiger charge is -2.39. The molecule has 1 fully saturated rings. The van der Waals surface area contributed by atoms with E-state index >= 15 is 0 Å². The van der Waals surface area contributed by atoms with E-state index in [-0.39, 0.29) is 30.7 Å². The van der Waals surface area contributed by atoms with Gasteiger partial charge in [0, 0.05) is 18.7 Å². The number of nitrogens with zero attached hydrogens (tertiary/aromatic N) is 2. The van der Waals surface area contributed by atoms with Crippen LogP contribution in [-0.4, -0.2) is 66.7 Å². The van der Waals surface area contributed by atoms with Gasteiger partial charge in [-0.25, -0.2) is 9.59 Å². The molecule has 1 spiro atoms. The lowest BCUT2D eigenvalue weighted by molar-refractivity contribution is -0.274. The maximum atomic E-state index is 13.4. The molecule has 2 aromatic rings. The van der Waals surface area contributed by atoms with Crippen LogP contribution in [-0.2, 0) is 25.0 Å². The number of benzene rings is 2. The number of piperidine rings is 1. The number of carbonyl (C=O) groups is 4. The molecule has 2 aromatic carbocycles. The monoisotopic (exact) mass is 490 g/mol. The number of amides is 1. The van der Waals surface area contributed by atoms with Gasteiger partial charge in [0.15, 0.2) is 5.78 Å². The van der Waals surface area contributed by atoms with E-state index in [9.17, 15) is 19.2 Å². The standard InChI is InChI=1S/C27H26N2O7/c1-34-23-9-5-3-7-20(23)22(30)17-28-14-12-18(13-15-28)16-29-26(33)19-6-2-4-8-21(19)27(29)35-24(31)10-11-25(32)36-27/h2-11,18H,12-17H2,1H3. The molecule has 0 unspecified atom stereocenters. The molecule has 186 valence electrons. The van der Waals surface area contributed by atoms with Crippen molar-refractivity contribution in [3.63, 3.8) is 0 Å². The van der Waals surface area contributed by atoms with Crippen LogP contribution in [0.3, 0.4) is 0 Å². The predicted molar refractivity (Wildman–Crippen MR) is 127 cm³/mol. The highest BCUT2D eigenvalue weighted by molar-refractivity contribution is 6.02. The van der Waals surface area contributed by atoms with E-state index in [4.69, 9.17) is 14.2 Å². The van der Waals surface area contributed by atoms with Gasteiger partial charge in [-0.05, 0) is 56.1 Å². The molecule has 9 nitrogen and oxygen atoms in total. The minimum atomic E-state index is -1.93. The lowest BCUT2D eigenvalue weighted by atomic mass is 9.95. The van der Waals surface area contributed by atoms with E-state index < -0.39 is 17.8 Å². The van der Waals surface area contributed by atoms with Crippen LogP contribution in [0, 0.1) is 5.92 Å². The molecule has 0 bridgehead atoms. The van der Waals surface area contributed by atoms with Crippen molar-refractivity contribution in [2.45, 2.75) is 18.8 Å². The summed E-state index contributed by atoms with van der Waals surface area (Å²) in [4.78, 5) is 54.3. The number of hydrogen-bond donors (Lipinski definition) is 0. The van der Waals surface area contributed by atoms with Gasteiger partial charge in [-0.2, -0.15) is 0 Å². The minimum absolute atomic E-state index is 0.0141. The first-order valence-corrected chi connectivity index (χ1v) is 11.9. The molecular weight excluding hydrogens is 464 g/mol. The van der Waals surface area contributed by atoms with E-state index in [0.717, 1.165) is 25.0 Å². The second kappa shape index (κ2) is 9.58. The average molecular weight is 491 g/mol. The topological polar surface area (TPSA) is 102 Å². The van der Waals surface area contributed by atoms with Crippen LogP contribution in [0.15, 0.2) is 60.7 Å². The maximum Gasteiger partial charge on any atom is 0.375 e. The molecule has 0 saturated carbocycles. The number of Topliss-reactive ketones (excluding diaryl/α,β-unsaturated/α-hetero) is 1. The molecule has 36 heavy (non-hydrogen) atoms. The third-order valence-electron chi connectivity index (χ3n) is 6.85. The number of hydrogen-bond acceptors (Lipinski definition) is 8. The first-order chi connectivity index (χ1) is 17.4. The zero-order valence-corrected chi connectivity index (χ0v) is 19.8. The van der Waals surface area contributed by atoms with Crippen molar-refractivity contribution in [2.75, 3.05) is 33.3 Å². The number of ether oxygens (including phenoxy) is 3. The number of rotatable bonds is 6. The summed E-state index contributed by atoms with van der Waals surface area (Å²) in [6, 6.07) is 13.8. The molecule has 5 rings (SSSR count). The second-order valence-electron chi connectivity index (χ2n) is 9.06. The fourth-order valence-corrected chi connectivity index (χ4v) is 5.04. The Labute approximate surface area is 208 Å². The van der Waals surface area contributed by atoms with E-state index in [2.05, 4.69) is 4.90 Å². The first-order valence-electron chi connectivity index (χ1n) is 11.9. The largest absolute Gasteiger partial charge is 0.496 e. The number of methoxy groups -OCH3 is 1. The Morgan fingerprint density at radius 3 is 2.31 bits per heavy atom. The zero-order chi connectivity index (χ0) is 25.3. The Hall–Kier alpha value is -3.98. The fourth-order valence-electron chi connectivity index (χ4n) is 5.04. The van der Waals surface area contributed by atoms with Gasteiger partial charge < -0.3 is 14.2 Å². The molecular formula is C27H26N2O7. The minimum Gasteiger partial charge on any atom is -0.496 e. The molecule has 0 aromatic heterocycles. The molecule has 0 N–H and O–H groups in total. The number of para-hydroxylation sites is 1. The van der Waals surface area contributed by atoms with Crippen molar-refractivity contribution < 1.29 is 33.4 Å². The van der Waals surface area contributed by atoms with Crippen LogP contribution in [0.5, 0.6) is 5.75 Å². The molecule has 9 heteroatoms. The third kappa shape index (κ3) is 4.26. The van der Waals surface area contributed by atoms with Gasteiger partial charge in [0.2, 0.25) is 0 Å². The van der Waals surface area contributed by atoms with Gasteiger partial charge in [0.1, 0.15) is 5.75 Å². The van der Waals surface area contributed by atoms with Crippen molar-refractivity contribution in [3.05, 3.63) is 77.4 Å². The summed E-state index contributed by atoms with van der Waals surface area (Å²) in [5, 5.41) is 0. The molecule has 1 amide bonds. The summed E-state index contributed by atoms with van der Waals surface area (Å²) in [7, 11) is 1.54. The van der Waals surface area contributed by atoms with Crippen LogP contribution in [0.4, 0.5) is 0 Å². The summed E-state index contributed by atoms with van der Waals surface area (Å²) >= 11 is 0. The Morgan fingerprint density at radius 1 is 0.972 bits per heavy atom. The molecule has 0 radical (unpaired) electrons. The highest BCUT2D eigenvalue weighted by atomic mass is 16.8. The van der Waals surface area contributed by atoms with E-state index in [0.29, 0.717) is 35.5 Å². The number of carbonyl (C=O) groups excluding carboxylic acids is 4. The maximum absolute atomic E-state index is 13.4. The van der Waals surface area contributed by atoms with Crippen LogP contribution in [0.2, 0.25) is 0 Å². The SMILES string of the molecule is COc1ccccc1C(=O)CN1CCC(CN2C(=O)c3ccccc3C23OC(=O)C=CC(=O)O3)CC1. The zero-order valence-electron chi connectivity index (χ0n) is 19.8. The number of likely N-dealkylation sites (tertiary alicyclic amines) is 1. The predicted octanol–water partition coefficient (Wildman–Crippen LogP) is 2.51. The van der Waals surface area contributed by atoms with Gasteiger partial charge in [-0.3, -0.25) is 19.4 Å². The first kappa shape index (κ1) is 23.7. The summed E-state index contributed by atoms with van der Waals surface area (Å²) in [5.41, 5.74) is 1.22. The molecule has 3 aliphatic heterocycles. The van der Waals surface area contributed by atoms with Crippen molar-refractivity contribution in [3.8, 4) is 5.75 Å². The number of fused-ring (bicyclic) bond motifs is 2. The fraction of sp³-hybridized carbons (Fsp3) is 0.333. The van der Waals surface area contributed by atoms with E-state index in [1.807, 2.05) is 12.1 Å². The molecule has 0 atom stereocenters. The Balaban J connectivity index is 1.29. The third-order valence-corrected chi connectivity index (χ3v) is 6.85. The van der Waals surface area contributed by atoms with Crippen LogP contribution in [0.1, 0.15) is 39.1 Å². The van der Waals surface area contributed by atoms with Crippen molar-refractivity contribution >= 4 is 23.6 Å². The second-order valence-corrected chi connectivity index (χ2v) is 9.06. The van der Waals surface area contributed by atoms with Crippen molar-refractivity contribution in [1.82, 2.24) is 9.80 Å². The average Bonchev–Trinajstić information content (AvgIpc) is 3.00. The Bertz CT molecular complexity index is 1230. The highest BCUT2D eigenvalue weighted by Crippen LogP contribution is 2.43. The molecule has 3 heterocycles. The van der Waals surface area contributed by atoms with Gasteiger partial charge >= 0.3 is 17.8 Å². The summed E-state index contributed by atoms with van der Waals surface area (Å²) in [6.45, 7) is 1.83. The Kier molecular flexibility index (Phi) is 6.32. The molecule has 0 aliphatic carbocycles. The van der Waals surface area contributed by atoms with Crippen LogP contribution in [0.25, 0.3) is 0 Å². The summed E-state index contributed by atoms with van der Waals surface area (Å²) in [5.74, 6) is -3.22. The number of esters is 2. The smallest absolute Gasteiger partial charge is 0.375 e. The quantitative estimate of drug-likeness (QED) is 0.450. The van der Waals surface area contributed by atoms with Gasteiger partial charge in [0.25, 0.3) is 5.91 Å². The number of ketones is 1. The lowest BCUT2D eigenvalue weighted by Crippen LogP contribution is -2.52. The van der Waals surface area contributed by atoms with Crippen molar-refractivity contribution in [2.24, 2.45) is 5.92 Å². The van der Waals surface area contributed by atoms with E-state index in [1.165, 1.54) is 4.90 Å².